The van der Waals surface area contributed by atoms with Crippen LogP contribution in [0, 0.1) is 5.82 Å². The van der Waals surface area contributed by atoms with Gasteiger partial charge in [0, 0.05) is 23.8 Å². The van der Waals surface area contributed by atoms with Gasteiger partial charge >= 0.3 is 0 Å². The molecule has 3 rings (SSSR count). The molecule has 0 saturated carbocycles. The second-order valence-electron chi connectivity index (χ2n) is 4.11. The van der Waals surface area contributed by atoms with Gasteiger partial charge in [-0.2, -0.15) is 0 Å². The standard InChI is InChI=1S/C15H11FN2O2/c1-19-14-9-18-15(13-8-17-6-5-12(13)14)20-11-4-2-3-10(16)7-11/h2-9H,1H3. The molecule has 2 aromatic heterocycles. The number of benzene rings is 1. The Morgan fingerprint density at radius 1 is 1.10 bits per heavy atom. The third kappa shape index (κ3) is 2.25. The average Bonchev–Trinajstić information content (AvgIpc) is 2.48. The molecule has 100 valence electrons. The third-order valence-corrected chi connectivity index (χ3v) is 2.85. The SMILES string of the molecule is COc1cnc(Oc2cccc(F)c2)c2cnccc12. The Labute approximate surface area is 114 Å². The fourth-order valence-electron chi connectivity index (χ4n) is 1.92. The zero-order valence-corrected chi connectivity index (χ0v) is 10.7. The minimum atomic E-state index is -0.363. The molecule has 0 spiro atoms. The van der Waals surface area contributed by atoms with E-state index < -0.39 is 0 Å². The Balaban J connectivity index is 2.08. The van der Waals surface area contributed by atoms with Gasteiger partial charge in [-0.15, -0.1) is 0 Å². The van der Waals surface area contributed by atoms with E-state index >= 15 is 0 Å². The van der Waals surface area contributed by atoms with Crippen molar-refractivity contribution in [3.63, 3.8) is 0 Å². The summed E-state index contributed by atoms with van der Waals surface area (Å²) in [6, 6.07) is 7.71. The van der Waals surface area contributed by atoms with Gasteiger partial charge in [0.05, 0.1) is 18.7 Å². The second-order valence-corrected chi connectivity index (χ2v) is 4.11. The number of ether oxygens (including phenoxy) is 2. The molecule has 0 N–H and O–H groups in total. The van der Waals surface area contributed by atoms with Crippen LogP contribution in [0.3, 0.4) is 0 Å². The Morgan fingerprint density at radius 3 is 2.80 bits per heavy atom. The number of fused-ring (bicyclic) bond motifs is 1. The monoisotopic (exact) mass is 270 g/mol. The zero-order valence-electron chi connectivity index (χ0n) is 10.7. The number of nitrogens with zero attached hydrogens (tertiary/aromatic N) is 2. The van der Waals surface area contributed by atoms with E-state index in [0.717, 1.165) is 5.39 Å². The minimum Gasteiger partial charge on any atom is -0.494 e. The molecule has 0 aliphatic rings. The van der Waals surface area contributed by atoms with Crippen molar-refractivity contribution >= 4 is 10.8 Å². The van der Waals surface area contributed by atoms with Crippen LogP contribution in [0.5, 0.6) is 17.4 Å². The van der Waals surface area contributed by atoms with Crippen molar-refractivity contribution in [2.24, 2.45) is 0 Å². The van der Waals surface area contributed by atoms with Gasteiger partial charge in [0.1, 0.15) is 17.3 Å². The molecule has 0 fully saturated rings. The molecule has 5 heteroatoms. The van der Waals surface area contributed by atoms with Gasteiger partial charge in [-0.1, -0.05) is 6.07 Å². The number of methoxy groups -OCH3 is 1. The van der Waals surface area contributed by atoms with Crippen molar-refractivity contribution in [3.05, 3.63) is 54.7 Å². The first kappa shape index (κ1) is 12.3. The quantitative estimate of drug-likeness (QED) is 0.729. The van der Waals surface area contributed by atoms with Crippen molar-refractivity contribution in [1.29, 1.82) is 0 Å². The van der Waals surface area contributed by atoms with Crippen LogP contribution in [-0.2, 0) is 0 Å². The van der Waals surface area contributed by atoms with E-state index in [1.165, 1.54) is 12.1 Å². The smallest absolute Gasteiger partial charge is 0.228 e. The largest absolute Gasteiger partial charge is 0.494 e. The third-order valence-electron chi connectivity index (χ3n) is 2.85. The molecule has 0 unspecified atom stereocenters. The van der Waals surface area contributed by atoms with Gasteiger partial charge in [-0.25, -0.2) is 9.37 Å². The molecule has 0 atom stereocenters. The maximum atomic E-state index is 13.2. The Kier molecular flexibility index (Phi) is 3.16. The maximum absolute atomic E-state index is 13.2. The van der Waals surface area contributed by atoms with Crippen LogP contribution in [0.15, 0.2) is 48.9 Å². The van der Waals surface area contributed by atoms with E-state index in [1.807, 2.05) is 6.07 Å². The molecule has 1 aromatic carbocycles. The highest BCUT2D eigenvalue weighted by Crippen LogP contribution is 2.32. The van der Waals surface area contributed by atoms with Gasteiger partial charge in [0.25, 0.3) is 0 Å². The maximum Gasteiger partial charge on any atom is 0.228 e. The molecule has 3 aromatic rings. The lowest BCUT2D eigenvalue weighted by Crippen LogP contribution is -1.93. The zero-order chi connectivity index (χ0) is 13.9. The van der Waals surface area contributed by atoms with Crippen LogP contribution < -0.4 is 9.47 Å². The summed E-state index contributed by atoms with van der Waals surface area (Å²) in [4.78, 5) is 8.25. The summed E-state index contributed by atoms with van der Waals surface area (Å²) in [7, 11) is 1.57. The number of hydrogen-bond acceptors (Lipinski definition) is 4. The summed E-state index contributed by atoms with van der Waals surface area (Å²) in [5.41, 5.74) is 0. The second kappa shape index (κ2) is 5.13. The fourth-order valence-corrected chi connectivity index (χ4v) is 1.92. The normalized spacial score (nSPS) is 10.5. The van der Waals surface area contributed by atoms with Gasteiger partial charge in [0.15, 0.2) is 0 Å². The van der Waals surface area contributed by atoms with Gasteiger partial charge in [0.2, 0.25) is 5.88 Å². The first-order chi connectivity index (χ1) is 9.78. The number of rotatable bonds is 3. The molecular formula is C15H11FN2O2. The number of pyridine rings is 2. The van der Waals surface area contributed by atoms with Crippen molar-refractivity contribution in [3.8, 4) is 17.4 Å². The molecule has 0 saturated heterocycles. The summed E-state index contributed by atoms with van der Waals surface area (Å²) in [5, 5.41) is 1.54. The summed E-state index contributed by atoms with van der Waals surface area (Å²) in [6.45, 7) is 0. The highest BCUT2D eigenvalue weighted by Gasteiger charge is 2.10. The lowest BCUT2D eigenvalue weighted by Gasteiger charge is -2.10. The number of hydrogen-bond donors (Lipinski definition) is 0. The van der Waals surface area contributed by atoms with Gasteiger partial charge in [-0.3, -0.25) is 4.98 Å². The lowest BCUT2D eigenvalue weighted by molar-refractivity contribution is 0.414. The molecular weight excluding hydrogens is 259 g/mol. The molecule has 0 amide bonds. The van der Waals surface area contributed by atoms with Crippen LogP contribution in [0.4, 0.5) is 4.39 Å². The lowest BCUT2D eigenvalue weighted by atomic mass is 10.2. The number of halogens is 1. The first-order valence-electron chi connectivity index (χ1n) is 5.98. The molecule has 2 heterocycles. The first-order valence-corrected chi connectivity index (χ1v) is 5.98. The van der Waals surface area contributed by atoms with Crippen LogP contribution in [0.1, 0.15) is 0 Å². The van der Waals surface area contributed by atoms with Crippen molar-refractivity contribution in [2.45, 2.75) is 0 Å². The highest BCUT2D eigenvalue weighted by atomic mass is 19.1. The van der Waals surface area contributed by atoms with Crippen molar-refractivity contribution in [2.75, 3.05) is 7.11 Å². The minimum absolute atomic E-state index is 0.361. The summed E-state index contributed by atoms with van der Waals surface area (Å²) < 4.78 is 24.0. The highest BCUT2D eigenvalue weighted by molar-refractivity contribution is 5.91. The Hall–Kier alpha value is -2.69. The predicted molar refractivity (Wildman–Crippen MR) is 72.6 cm³/mol. The van der Waals surface area contributed by atoms with Gasteiger partial charge in [-0.05, 0) is 18.2 Å². The summed E-state index contributed by atoms with van der Waals surface area (Å²) in [6.07, 6.45) is 4.87. The fraction of sp³-hybridized carbons (Fsp3) is 0.0667. The molecule has 4 nitrogen and oxygen atoms in total. The van der Waals surface area contributed by atoms with E-state index in [2.05, 4.69) is 9.97 Å². The summed E-state index contributed by atoms with van der Waals surface area (Å²) >= 11 is 0. The van der Waals surface area contributed by atoms with E-state index in [4.69, 9.17) is 9.47 Å². The molecule has 0 radical (unpaired) electrons. The van der Waals surface area contributed by atoms with Crippen molar-refractivity contribution < 1.29 is 13.9 Å². The van der Waals surface area contributed by atoms with E-state index in [9.17, 15) is 4.39 Å². The van der Waals surface area contributed by atoms with Crippen LogP contribution in [-0.4, -0.2) is 17.1 Å². The molecule has 20 heavy (non-hydrogen) atoms. The summed E-state index contributed by atoms with van der Waals surface area (Å²) in [5.74, 6) is 1.01. The van der Waals surface area contributed by atoms with E-state index in [-0.39, 0.29) is 5.82 Å². The Morgan fingerprint density at radius 2 is 2.00 bits per heavy atom. The Bertz CT molecular complexity index is 762. The van der Waals surface area contributed by atoms with Crippen LogP contribution in [0.25, 0.3) is 10.8 Å². The van der Waals surface area contributed by atoms with E-state index in [0.29, 0.717) is 22.8 Å². The van der Waals surface area contributed by atoms with Crippen LogP contribution >= 0.6 is 0 Å². The molecule has 0 bridgehead atoms. The van der Waals surface area contributed by atoms with E-state index in [1.54, 1.807) is 37.8 Å². The van der Waals surface area contributed by atoms with Crippen LogP contribution in [0.2, 0.25) is 0 Å². The molecule has 0 aliphatic carbocycles. The van der Waals surface area contributed by atoms with Crippen molar-refractivity contribution in [1.82, 2.24) is 9.97 Å². The topological polar surface area (TPSA) is 44.2 Å². The number of aromatic nitrogens is 2. The average molecular weight is 270 g/mol. The molecule has 0 aliphatic heterocycles. The van der Waals surface area contributed by atoms with Gasteiger partial charge < -0.3 is 9.47 Å². The predicted octanol–water partition coefficient (Wildman–Crippen LogP) is 3.57.